The number of hydrogen-bond acceptors (Lipinski definition) is 7. The van der Waals surface area contributed by atoms with Crippen molar-refractivity contribution in [2.45, 2.75) is 52.9 Å². The zero-order valence-corrected chi connectivity index (χ0v) is 22.5. The van der Waals surface area contributed by atoms with Crippen LogP contribution in [-0.2, 0) is 4.74 Å². The molecule has 0 fully saturated rings. The second kappa shape index (κ2) is 15.3. The second-order valence-electron chi connectivity index (χ2n) is 8.93. The van der Waals surface area contributed by atoms with Crippen LogP contribution in [0.5, 0.6) is 0 Å². The number of esters is 1. The van der Waals surface area contributed by atoms with E-state index in [1.54, 1.807) is 6.07 Å². The number of carbonyl (C=O) groups is 1. The number of unbranched alkanes of at least 4 members (excludes halogenated alkanes) is 4. The molecule has 7 nitrogen and oxygen atoms in total. The third-order valence-electron chi connectivity index (χ3n) is 6.15. The summed E-state index contributed by atoms with van der Waals surface area (Å²) in [6.07, 6.45) is 5.25. The molecule has 0 heterocycles. The van der Waals surface area contributed by atoms with Gasteiger partial charge in [-0.05, 0) is 87.0 Å². The molecule has 0 bridgehead atoms. The molecule has 0 radical (unpaired) electrons. The molecule has 202 valence electrons. The van der Waals surface area contributed by atoms with Crippen molar-refractivity contribution in [3.63, 3.8) is 0 Å². The topological polar surface area (TPSA) is 78.3 Å². The normalized spacial score (nSPS) is 10.9. The van der Waals surface area contributed by atoms with Crippen LogP contribution in [-0.4, -0.2) is 25.7 Å². The van der Waals surface area contributed by atoms with Crippen molar-refractivity contribution in [3.05, 3.63) is 78.1 Å². The molecule has 0 unspecified atom stereocenters. The average Bonchev–Trinajstić information content (AvgIpc) is 2.94. The zero-order valence-electron chi connectivity index (χ0n) is 22.5. The van der Waals surface area contributed by atoms with Crippen molar-refractivity contribution in [2.75, 3.05) is 35.4 Å². The van der Waals surface area contributed by atoms with E-state index in [1.165, 1.54) is 24.2 Å². The van der Waals surface area contributed by atoms with Gasteiger partial charge in [-0.2, -0.15) is 10.2 Å². The Balaban J connectivity index is 1.47. The lowest BCUT2D eigenvalue weighted by molar-refractivity contribution is 0.0492. The first-order valence-electron chi connectivity index (χ1n) is 13.4. The van der Waals surface area contributed by atoms with Gasteiger partial charge in [-0.1, -0.05) is 32.6 Å². The van der Waals surface area contributed by atoms with E-state index < -0.39 is 11.8 Å². The highest BCUT2D eigenvalue weighted by Crippen LogP contribution is 2.23. The standard InChI is InChI=1S/C30H38FN5O2/c1-4-7-8-9-10-21-38-30(37)28-20-17-26(22-29(28)31)35-34-24-13-11-23(12-14-24)32-33-25-15-18-27(19-16-25)36(5-2)6-3/h11-20,22,34-35H,4-10,21H2,1-3H3. The maximum absolute atomic E-state index is 14.5. The van der Waals surface area contributed by atoms with Crippen LogP contribution in [0.1, 0.15) is 63.2 Å². The van der Waals surface area contributed by atoms with Gasteiger partial charge >= 0.3 is 5.97 Å². The molecule has 2 N–H and O–H groups in total. The zero-order chi connectivity index (χ0) is 27.2. The van der Waals surface area contributed by atoms with Gasteiger partial charge in [-0.25, -0.2) is 9.18 Å². The molecule has 0 saturated heterocycles. The molecular weight excluding hydrogens is 481 g/mol. The maximum Gasteiger partial charge on any atom is 0.341 e. The number of rotatable bonds is 15. The molecule has 3 aromatic rings. The minimum atomic E-state index is -0.637. The molecule has 38 heavy (non-hydrogen) atoms. The number of hydrogen-bond donors (Lipinski definition) is 2. The van der Waals surface area contributed by atoms with Crippen molar-refractivity contribution >= 4 is 34.4 Å². The summed E-state index contributed by atoms with van der Waals surface area (Å²) in [6.45, 7) is 8.64. The SMILES string of the molecule is CCCCCCCOC(=O)c1ccc(NNc2ccc(N=Nc3ccc(N(CC)CC)cc3)cc2)cc1F. The number of halogens is 1. The van der Waals surface area contributed by atoms with Crippen LogP contribution in [0.3, 0.4) is 0 Å². The van der Waals surface area contributed by atoms with E-state index in [1.807, 2.05) is 48.5 Å². The summed E-state index contributed by atoms with van der Waals surface area (Å²) in [5.74, 6) is -1.27. The summed E-state index contributed by atoms with van der Waals surface area (Å²) < 4.78 is 19.7. The molecular formula is C30H38FN5O2. The quantitative estimate of drug-likeness (QED) is 0.0909. The molecule has 0 aliphatic heterocycles. The molecule has 8 heteroatoms. The predicted octanol–water partition coefficient (Wildman–Crippen LogP) is 8.65. The lowest BCUT2D eigenvalue weighted by atomic mass is 10.1. The molecule has 0 amide bonds. The maximum atomic E-state index is 14.5. The number of azo groups is 1. The molecule has 0 saturated carbocycles. The molecule has 0 spiro atoms. The lowest BCUT2D eigenvalue weighted by Gasteiger charge is -2.20. The fourth-order valence-electron chi connectivity index (χ4n) is 3.90. The van der Waals surface area contributed by atoms with Gasteiger partial charge in [0.25, 0.3) is 0 Å². The van der Waals surface area contributed by atoms with E-state index in [-0.39, 0.29) is 5.56 Å². The van der Waals surface area contributed by atoms with Gasteiger partial charge in [0.1, 0.15) is 5.82 Å². The lowest BCUT2D eigenvalue weighted by Crippen LogP contribution is -2.21. The van der Waals surface area contributed by atoms with Gasteiger partial charge in [0.15, 0.2) is 0 Å². The number of anilines is 3. The number of carbonyl (C=O) groups excluding carboxylic acids is 1. The Bertz CT molecular complexity index is 1160. The highest BCUT2D eigenvalue weighted by Gasteiger charge is 2.13. The number of hydrazine groups is 1. The van der Waals surface area contributed by atoms with Crippen LogP contribution in [0.15, 0.2) is 77.0 Å². The van der Waals surface area contributed by atoms with E-state index in [2.05, 4.69) is 46.8 Å². The Morgan fingerprint density at radius 1 is 0.789 bits per heavy atom. The fraction of sp³-hybridized carbons (Fsp3) is 0.367. The summed E-state index contributed by atoms with van der Waals surface area (Å²) in [4.78, 5) is 14.4. The first-order valence-corrected chi connectivity index (χ1v) is 13.4. The third kappa shape index (κ3) is 8.87. The third-order valence-corrected chi connectivity index (χ3v) is 6.15. The highest BCUT2D eigenvalue weighted by molar-refractivity contribution is 5.90. The Labute approximate surface area is 225 Å². The van der Waals surface area contributed by atoms with Crippen LogP contribution < -0.4 is 15.8 Å². The smallest absolute Gasteiger partial charge is 0.341 e. The van der Waals surface area contributed by atoms with Crippen molar-refractivity contribution in [3.8, 4) is 0 Å². The van der Waals surface area contributed by atoms with Gasteiger partial charge in [0, 0.05) is 18.8 Å². The van der Waals surface area contributed by atoms with Crippen molar-refractivity contribution in [1.82, 2.24) is 0 Å². The van der Waals surface area contributed by atoms with E-state index in [0.717, 1.165) is 50.1 Å². The van der Waals surface area contributed by atoms with Crippen LogP contribution in [0.25, 0.3) is 0 Å². The van der Waals surface area contributed by atoms with Gasteiger partial charge in [-0.3, -0.25) is 0 Å². The molecule has 0 aliphatic rings. The van der Waals surface area contributed by atoms with Crippen LogP contribution >= 0.6 is 0 Å². The first-order chi connectivity index (χ1) is 18.5. The number of nitrogens with one attached hydrogen (secondary N) is 2. The van der Waals surface area contributed by atoms with Crippen LogP contribution in [0.4, 0.5) is 32.8 Å². The van der Waals surface area contributed by atoms with E-state index in [0.29, 0.717) is 18.0 Å². The largest absolute Gasteiger partial charge is 0.462 e. The predicted molar refractivity (Wildman–Crippen MR) is 153 cm³/mol. The summed E-state index contributed by atoms with van der Waals surface area (Å²) in [5.41, 5.74) is 9.79. The van der Waals surface area contributed by atoms with Crippen LogP contribution in [0.2, 0.25) is 0 Å². The molecule has 0 aliphatic carbocycles. The number of nitrogens with zero attached hydrogens (tertiary/aromatic N) is 3. The van der Waals surface area contributed by atoms with E-state index in [9.17, 15) is 9.18 Å². The van der Waals surface area contributed by atoms with E-state index in [4.69, 9.17) is 4.74 Å². The fourth-order valence-corrected chi connectivity index (χ4v) is 3.90. The number of ether oxygens (including phenoxy) is 1. The average molecular weight is 520 g/mol. The van der Waals surface area contributed by atoms with Crippen molar-refractivity contribution < 1.29 is 13.9 Å². The monoisotopic (exact) mass is 519 g/mol. The molecule has 0 aromatic heterocycles. The highest BCUT2D eigenvalue weighted by atomic mass is 19.1. The van der Waals surface area contributed by atoms with Crippen molar-refractivity contribution in [2.24, 2.45) is 10.2 Å². The summed E-state index contributed by atoms with van der Waals surface area (Å²) in [7, 11) is 0. The Kier molecular flexibility index (Phi) is 11.6. The van der Waals surface area contributed by atoms with Gasteiger partial charge in [-0.15, -0.1) is 0 Å². The van der Waals surface area contributed by atoms with Gasteiger partial charge < -0.3 is 20.5 Å². The van der Waals surface area contributed by atoms with Crippen molar-refractivity contribution in [1.29, 1.82) is 0 Å². The molecule has 0 atom stereocenters. The Hall–Kier alpha value is -3.94. The summed E-state index contributed by atoms with van der Waals surface area (Å²) in [5, 5.41) is 8.61. The summed E-state index contributed by atoms with van der Waals surface area (Å²) in [6, 6.07) is 19.7. The minimum absolute atomic E-state index is 0.0680. The van der Waals surface area contributed by atoms with Gasteiger partial charge in [0.2, 0.25) is 0 Å². The Morgan fingerprint density at radius 2 is 1.37 bits per heavy atom. The van der Waals surface area contributed by atoms with Crippen LogP contribution in [0, 0.1) is 5.82 Å². The minimum Gasteiger partial charge on any atom is -0.462 e. The molecule has 3 rings (SSSR count). The Morgan fingerprint density at radius 3 is 1.97 bits per heavy atom. The summed E-state index contributed by atoms with van der Waals surface area (Å²) >= 11 is 0. The van der Waals surface area contributed by atoms with Gasteiger partial charge in [0.05, 0.1) is 34.9 Å². The number of benzene rings is 3. The first kappa shape index (κ1) is 28.6. The molecule has 3 aromatic carbocycles. The van der Waals surface area contributed by atoms with E-state index >= 15 is 0 Å². The second-order valence-corrected chi connectivity index (χ2v) is 8.93.